The summed E-state index contributed by atoms with van der Waals surface area (Å²) >= 11 is 0. The van der Waals surface area contributed by atoms with Crippen molar-refractivity contribution in [3.05, 3.63) is 18.7 Å². The minimum Gasteiger partial charge on any atom is -0.369 e. The highest BCUT2D eigenvalue weighted by atomic mass is 32.2. The van der Waals surface area contributed by atoms with Crippen LogP contribution in [0.15, 0.2) is 17.3 Å². The topological polar surface area (TPSA) is 156 Å². The number of sulfonamides is 1. The molecule has 2 heterocycles. The van der Waals surface area contributed by atoms with E-state index in [2.05, 4.69) is 10.3 Å². The second kappa shape index (κ2) is 9.20. The number of nitrogens with one attached hydrogen (secondary N) is 1. The van der Waals surface area contributed by atoms with Crippen LogP contribution in [0.5, 0.6) is 0 Å². The van der Waals surface area contributed by atoms with Crippen LogP contribution in [0.2, 0.25) is 0 Å². The van der Waals surface area contributed by atoms with Crippen LogP contribution in [0.3, 0.4) is 0 Å². The largest absolute Gasteiger partial charge is 0.369 e. The number of Topliss-reactive ketones (excluding diaryl/α,β-unsaturated/α-hetero) is 2. The molecule has 0 bridgehead atoms. The monoisotopic (exact) mass is 414 g/mol. The molecule has 2 atom stereocenters. The highest BCUT2D eigenvalue weighted by Gasteiger charge is 2.43. The summed E-state index contributed by atoms with van der Waals surface area (Å²) in [6, 6.07) is -2.89. The molecule has 10 nitrogen and oxygen atoms in total. The summed E-state index contributed by atoms with van der Waals surface area (Å²) in [5.41, 5.74) is 5.14. The van der Waals surface area contributed by atoms with Gasteiger partial charge in [-0.25, -0.2) is 9.30 Å². The molecule has 0 aliphatic carbocycles. The van der Waals surface area contributed by atoms with Crippen LogP contribution in [0, 0.1) is 12.3 Å². The lowest BCUT2D eigenvalue weighted by atomic mass is 10.0. The Morgan fingerprint density at radius 2 is 2.25 bits per heavy atom. The lowest BCUT2D eigenvalue weighted by Crippen LogP contribution is -2.53. The van der Waals surface area contributed by atoms with Crippen molar-refractivity contribution in [1.29, 1.82) is 0 Å². The molecule has 2 aliphatic heterocycles. The summed E-state index contributed by atoms with van der Waals surface area (Å²) < 4.78 is 50.8. The van der Waals surface area contributed by atoms with Crippen LogP contribution >= 0.6 is 0 Å². The van der Waals surface area contributed by atoms with Crippen molar-refractivity contribution in [2.24, 2.45) is 16.6 Å². The normalized spacial score (nSPS) is 27.6. The van der Waals surface area contributed by atoms with Gasteiger partial charge in [0.15, 0.2) is 11.6 Å². The molecule has 153 valence electrons. The van der Waals surface area contributed by atoms with E-state index in [-0.39, 0.29) is 30.1 Å². The Balaban J connectivity index is 2.59. The van der Waals surface area contributed by atoms with Gasteiger partial charge in [0.25, 0.3) is 10.0 Å². The van der Waals surface area contributed by atoms with E-state index in [9.17, 15) is 27.6 Å². The fourth-order valence-corrected chi connectivity index (χ4v) is 3.99. The van der Waals surface area contributed by atoms with Gasteiger partial charge >= 0.3 is 0 Å². The highest BCUT2D eigenvalue weighted by molar-refractivity contribution is 8.06. The lowest BCUT2D eigenvalue weighted by molar-refractivity contribution is -0.131. The van der Waals surface area contributed by atoms with E-state index in [1.54, 1.807) is 0 Å². The van der Waals surface area contributed by atoms with Gasteiger partial charge in [0, 0.05) is 18.5 Å². The average Bonchev–Trinajstić information content (AvgIpc) is 2.77. The number of nitrogens with zero attached hydrogens (tertiary/aromatic N) is 2. The molecule has 0 spiro atoms. The number of allylic oxidation sites excluding steroid dienone is 1. The Morgan fingerprint density at radius 3 is 2.89 bits per heavy atom. The molecular weight excluding hydrogens is 388 g/mol. The predicted octanol–water partition coefficient (Wildman–Crippen LogP) is -0.933. The van der Waals surface area contributed by atoms with E-state index in [1.165, 1.54) is 13.0 Å². The van der Waals surface area contributed by atoms with E-state index in [0.29, 0.717) is 0 Å². The number of nitrogens with two attached hydrogens (primary N) is 1. The fourth-order valence-electron chi connectivity index (χ4n) is 2.48. The van der Waals surface area contributed by atoms with Crippen LogP contribution in [0.1, 0.15) is 36.7 Å². The molecule has 11 heteroatoms. The third kappa shape index (κ3) is 4.90. The Morgan fingerprint density at radius 1 is 1.54 bits per heavy atom. The quantitative estimate of drug-likeness (QED) is 0.588. The fraction of sp³-hybridized carbons (Fsp3) is 0.529. The maximum atomic E-state index is 13.3. The van der Waals surface area contributed by atoms with Crippen LogP contribution in [0.4, 0.5) is 0 Å². The average molecular weight is 414 g/mol. The van der Waals surface area contributed by atoms with Gasteiger partial charge in [-0.3, -0.25) is 19.2 Å². The maximum absolute atomic E-state index is 13.3. The molecule has 0 aromatic carbocycles. The van der Waals surface area contributed by atoms with Gasteiger partial charge < -0.3 is 11.1 Å². The van der Waals surface area contributed by atoms with Gasteiger partial charge in [-0.2, -0.15) is 8.42 Å². The van der Waals surface area contributed by atoms with E-state index in [0.717, 1.165) is 12.6 Å². The molecule has 1 unspecified atom stereocenters. The van der Waals surface area contributed by atoms with Crippen LogP contribution in [-0.4, -0.2) is 60.2 Å². The second-order valence-corrected chi connectivity index (χ2v) is 7.93. The summed E-state index contributed by atoms with van der Waals surface area (Å²) in [5, 5.41) is 1.25. The first-order chi connectivity index (χ1) is 14.2. The smallest absolute Gasteiger partial charge is 0.288 e. The third-order valence-corrected chi connectivity index (χ3v) is 5.78. The molecule has 2 aliphatic rings. The zero-order chi connectivity index (χ0) is 23.6. The first-order valence-corrected chi connectivity index (χ1v) is 9.97. The summed E-state index contributed by atoms with van der Waals surface area (Å²) in [6.45, 7) is -1.46. The number of aliphatic imine (C=N–C) groups is 1. The Hall–Kier alpha value is -2.40. The first kappa shape index (κ1) is 17.7. The summed E-state index contributed by atoms with van der Waals surface area (Å²) in [5.74, 6) is -5.44. The minimum absolute atomic E-state index is 0.00787. The van der Waals surface area contributed by atoms with E-state index in [1.807, 2.05) is 0 Å². The zero-order valence-electron chi connectivity index (χ0n) is 18.2. The maximum Gasteiger partial charge on any atom is 0.288 e. The molecule has 2 amide bonds. The van der Waals surface area contributed by atoms with Crippen molar-refractivity contribution in [3.63, 3.8) is 0 Å². The van der Waals surface area contributed by atoms with Gasteiger partial charge in [0.2, 0.25) is 16.9 Å². The molecule has 1 saturated heterocycles. The third-order valence-electron chi connectivity index (χ3n) is 4.08. The predicted molar refractivity (Wildman–Crippen MR) is 100 cm³/mol. The van der Waals surface area contributed by atoms with Crippen molar-refractivity contribution in [1.82, 2.24) is 9.62 Å². The number of carbonyl (C=O) groups is 4. The number of rotatable bonds is 5. The second-order valence-electron chi connectivity index (χ2n) is 6.23. The van der Waals surface area contributed by atoms with Crippen molar-refractivity contribution in [2.75, 3.05) is 13.0 Å². The SMILES string of the molecule is [2H]C1([2H])NCCC[C@]([2H])(N(C(=O)[CH]CC(C)C(N)=O)S(=O)(=O)C2=NC=CCC2=O)C1=O. The molecule has 0 aromatic heterocycles. The van der Waals surface area contributed by atoms with E-state index < -0.39 is 63.3 Å². The molecule has 2 rings (SSSR count). The molecular formula is C17H23N4O6S. The van der Waals surface area contributed by atoms with Gasteiger partial charge in [0.1, 0.15) is 6.02 Å². The van der Waals surface area contributed by atoms with Crippen molar-refractivity contribution < 1.29 is 31.7 Å². The molecule has 3 N–H and O–H groups in total. The van der Waals surface area contributed by atoms with Gasteiger partial charge in [-0.1, -0.05) is 13.0 Å². The van der Waals surface area contributed by atoms with Crippen LogP contribution in [-0.2, 0) is 29.2 Å². The van der Waals surface area contributed by atoms with Crippen molar-refractivity contribution in [3.8, 4) is 0 Å². The number of hydrogen-bond donors (Lipinski definition) is 2. The number of ketones is 2. The van der Waals surface area contributed by atoms with Crippen molar-refractivity contribution >= 4 is 38.4 Å². The molecule has 1 radical (unpaired) electrons. The summed E-state index contributed by atoms with van der Waals surface area (Å²) in [6.07, 6.45) is 1.98. The Kier molecular flexibility index (Phi) is 5.81. The summed E-state index contributed by atoms with van der Waals surface area (Å²) in [4.78, 5) is 52.8. The van der Waals surface area contributed by atoms with Gasteiger partial charge in [0.05, 0.1) is 17.0 Å². The Bertz CT molecular complexity index is 965. The van der Waals surface area contributed by atoms with Gasteiger partial charge in [-0.05, 0) is 25.8 Å². The van der Waals surface area contributed by atoms with Gasteiger partial charge in [-0.15, -0.1) is 0 Å². The molecule has 0 saturated carbocycles. The van der Waals surface area contributed by atoms with E-state index in [4.69, 9.17) is 9.85 Å². The molecule has 0 aromatic rings. The summed E-state index contributed by atoms with van der Waals surface area (Å²) in [7, 11) is -5.12. The number of carbonyl (C=O) groups excluding carboxylic acids is 4. The highest BCUT2D eigenvalue weighted by Crippen LogP contribution is 2.21. The zero-order valence-corrected chi connectivity index (χ0v) is 16.0. The minimum atomic E-state index is -5.12. The number of hydrogen-bond acceptors (Lipinski definition) is 8. The van der Waals surface area contributed by atoms with Crippen LogP contribution < -0.4 is 11.1 Å². The standard InChI is InChI=1S/C17H23N4O6S/c1-11(16(18)25)6-7-15(24)21(12-4-2-8-19-10-14(12)23)28(26,27)17-13(22)5-3-9-20-17/h3,7,9,11-12,19H,2,4-6,8,10H2,1H3,(H2,18,25)/t11?,12-/m0/s1/i10D2,12D. The number of primary amides is 1. The van der Waals surface area contributed by atoms with Crippen molar-refractivity contribution in [2.45, 2.75) is 38.6 Å². The van der Waals surface area contributed by atoms with E-state index >= 15 is 0 Å². The molecule has 1 fully saturated rings. The number of amides is 2. The lowest BCUT2D eigenvalue weighted by Gasteiger charge is -2.29. The molecule has 28 heavy (non-hydrogen) atoms. The first-order valence-electron chi connectivity index (χ1n) is 10.0. The van der Waals surface area contributed by atoms with Crippen LogP contribution in [0.25, 0.3) is 0 Å². The Labute approximate surface area is 167 Å².